The molecule has 28 heavy (non-hydrogen) atoms. The average Bonchev–Trinajstić information content (AvgIpc) is 2.87. The second-order valence-corrected chi connectivity index (χ2v) is 8.20. The van der Waals surface area contributed by atoms with Gasteiger partial charge in [0, 0.05) is 18.5 Å². The first-order valence-corrected chi connectivity index (χ1v) is 10.7. The van der Waals surface area contributed by atoms with Gasteiger partial charge in [-0.05, 0) is 31.0 Å². The molecule has 1 N–H and O–H groups in total. The molecule has 8 heteroatoms. The number of carbonyl (C=O) groups is 1. The van der Waals surface area contributed by atoms with Gasteiger partial charge in [0.25, 0.3) is 0 Å². The van der Waals surface area contributed by atoms with Crippen LogP contribution in [-0.2, 0) is 11.8 Å². The van der Waals surface area contributed by atoms with Crippen molar-refractivity contribution >= 4 is 39.7 Å². The van der Waals surface area contributed by atoms with E-state index in [1.807, 2.05) is 29.8 Å². The highest BCUT2D eigenvalue weighted by Crippen LogP contribution is 2.29. The highest BCUT2D eigenvalue weighted by molar-refractivity contribution is 7.99. The van der Waals surface area contributed by atoms with E-state index >= 15 is 0 Å². The molecule has 2 aromatic heterocycles. The van der Waals surface area contributed by atoms with Gasteiger partial charge in [-0.3, -0.25) is 4.79 Å². The van der Waals surface area contributed by atoms with E-state index in [0.29, 0.717) is 17.0 Å². The molecular formula is C20H25N5O2S. The molecule has 1 amide bonds. The molecule has 148 valence electrons. The number of fused-ring (bicyclic) bond motifs is 3. The Kier molecular flexibility index (Phi) is 5.66. The number of benzene rings is 1. The largest absolute Gasteiger partial charge is 0.497 e. The fourth-order valence-corrected chi connectivity index (χ4v) is 4.43. The summed E-state index contributed by atoms with van der Waals surface area (Å²) in [5, 5.41) is 13.2. The van der Waals surface area contributed by atoms with Crippen molar-refractivity contribution in [3.8, 4) is 5.75 Å². The topological polar surface area (TPSA) is 81.9 Å². The quantitative estimate of drug-likeness (QED) is 0.523. The highest BCUT2D eigenvalue weighted by atomic mass is 32.2. The standard InChI is InChI=1S/C20H25N5O2S/c1-25-16-10-9-14(27-2)11-15(16)18-19(25)22-20(24-23-18)28-12-17(26)21-13-7-5-3-4-6-8-13/h9-11,13H,3-8,12H2,1-2H3,(H,21,26). The fourth-order valence-electron chi connectivity index (χ4n) is 3.83. The van der Waals surface area contributed by atoms with Gasteiger partial charge in [-0.1, -0.05) is 37.4 Å². The summed E-state index contributed by atoms with van der Waals surface area (Å²) in [5.41, 5.74) is 2.51. The van der Waals surface area contributed by atoms with Crippen LogP contribution in [-0.4, -0.2) is 44.6 Å². The van der Waals surface area contributed by atoms with Crippen molar-refractivity contribution in [3.05, 3.63) is 18.2 Å². The number of nitrogens with zero attached hydrogens (tertiary/aromatic N) is 4. The van der Waals surface area contributed by atoms with Crippen LogP contribution in [0.4, 0.5) is 0 Å². The van der Waals surface area contributed by atoms with E-state index in [2.05, 4.69) is 20.5 Å². The zero-order valence-corrected chi connectivity index (χ0v) is 17.1. The normalized spacial score (nSPS) is 15.6. The van der Waals surface area contributed by atoms with Gasteiger partial charge >= 0.3 is 0 Å². The Bertz CT molecular complexity index is 995. The Morgan fingerprint density at radius 2 is 2.04 bits per heavy atom. The molecule has 2 heterocycles. The first kappa shape index (κ1) is 19.0. The van der Waals surface area contributed by atoms with Gasteiger partial charge in [-0.15, -0.1) is 10.2 Å². The summed E-state index contributed by atoms with van der Waals surface area (Å²) in [6, 6.07) is 6.17. The van der Waals surface area contributed by atoms with E-state index in [4.69, 9.17) is 4.74 Å². The molecule has 1 saturated carbocycles. The zero-order chi connectivity index (χ0) is 19.5. The Balaban J connectivity index is 1.48. The van der Waals surface area contributed by atoms with Crippen LogP contribution in [0.25, 0.3) is 22.1 Å². The number of aromatic nitrogens is 4. The molecule has 0 unspecified atom stereocenters. The maximum absolute atomic E-state index is 12.3. The van der Waals surface area contributed by atoms with Crippen molar-refractivity contribution in [1.29, 1.82) is 0 Å². The lowest BCUT2D eigenvalue weighted by atomic mass is 10.1. The Hall–Kier alpha value is -2.35. The van der Waals surface area contributed by atoms with Crippen molar-refractivity contribution in [3.63, 3.8) is 0 Å². The predicted molar refractivity (Wildman–Crippen MR) is 111 cm³/mol. The van der Waals surface area contributed by atoms with Gasteiger partial charge in [-0.25, -0.2) is 4.98 Å². The van der Waals surface area contributed by atoms with Gasteiger partial charge in [0.15, 0.2) is 5.65 Å². The molecule has 0 bridgehead atoms. The van der Waals surface area contributed by atoms with Gasteiger partial charge in [0.1, 0.15) is 11.3 Å². The number of amides is 1. The number of aryl methyl sites for hydroxylation is 1. The van der Waals surface area contributed by atoms with Crippen LogP contribution in [0.5, 0.6) is 5.75 Å². The number of thioether (sulfide) groups is 1. The van der Waals surface area contributed by atoms with Crippen LogP contribution in [0.15, 0.2) is 23.4 Å². The molecule has 0 atom stereocenters. The lowest BCUT2D eigenvalue weighted by molar-refractivity contribution is -0.119. The molecular weight excluding hydrogens is 374 g/mol. The molecule has 7 nitrogen and oxygen atoms in total. The first-order chi connectivity index (χ1) is 13.7. The Labute approximate surface area is 168 Å². The van der Waals surface area contributed by atoms with Crippen LogP contribution < -0.4 is 10.1 Å². The van der Waals surface area contributed by atoms with Gasteiger partial charge in [0.05, 0.1) is 18.4 Å². The van der Waals surface area contributed by atoms with E-state index in [1.165, 1.54) is 37.4 Å². The monoisotopic (exact) mass is 399 g/mol. The Morgan fingerprint density at radius 3 is 2.79 bits per heavy atom. The van der Waals surface area contributed by atoms with E-state index < -0.39 is 0 Å². The summed E-state index contributed by atoms with van der Waals surface area (Å²) in [5.74, 6) is 1.12. The molecule has 0 radical (unpaired) electrons. The van der Waals surface area contributed by atoms with Gasteiger partial charge in [0.2, 0.25) is 11.1 Å². The van der Waals surface area contributed by atoms with Gasteiger partial charge < -0.3 is 14.6 Å². The minimum absolute atomic E-state index is 0.0439. The molecule has 1 fully saturated rings. The third kappa shape index (κ3) is 3.92. The number of rotatable bonds is 5. The third-order valence-corrected chi connectivity index (χ3v) is 6.18. The number of carbonyl (C=O) groups excluding carboxylic acids is 1. The smallest absolute Gasteiger partial charge is 0.230 e. The molecule has 1 aliphatic carbocycles. The molecule has 0 spiro atoms. The number of methoxy groups -OCH3 is 1. The summed E-state index contributed by atoms with van der Waals surface area (Å²) in [6.07, 6.45) is 7.12. The number of nitrogens with one attached hydrogen (secondary N) is 1. The summed E-state index contributed by atoms with van der Waals surface area (Å²) in [4.78, 5) is 16.9. The average molecular weight is 400 g/mol. The van der Waals surface area contributed by atoms with E-state index in [9.17, 15) is 4.79 Å². The third-order valence-electron chi connectivity index (χ3n) is 5.34. The van der Waals surface area contributed by atoms with E-state index in [1.54, 1.807) is 7.11 Å². The van der Waals surface area contributed by atoms with Crippen LogP contribution >= 0.6 is 11.8 Å². The molecule has 0 aliphatic heterocycles. The maximum Gasteiger partial charge on any atom is 0.230 e. The van der Waals surface area contributed by atoms with Crippen molar-refractivity contribution in [2.24, 2.45) is 7.05 Å². The SMILES string of the molecule is COc1ccc2c(c1)c1nnc(SCC(=O)NC3CCCCCC3)nc1n2C. The van der Waals surface area contributed by atoms with Crippen LogP contribution in [0.3, 0.4) is 0 Å². The Morgan fingerprint density at radius 1 is 1.25 bits per heavy atom. The molecule has 0 saturated heterocycles. The van der Waals surface area contributed by atoms with Gasteiger partial charge in [-0.2, -0.15) is 0 Å². The lowest BCUT2D eigenvalue weighted by Gasteiger charge is -2.15. The van der Waals surface area contributed by atoms with Crippen molar-refractivity contribution < 1.29 is 9.53 Å². The maximum atomic E-state index is 12.3. The summed E-state index contributed by atoms with van der Waals surface area (Å²) in [6.45, 7) is 0. The summed E-state index contributed by atoms with van der Waals surface area (Å²) < 4.78 is 7.31. The van der Waals surface area contributed by atoms with Crippen LogP contribution in [0.1, 0.15) is 38.5 Å². The molecule has 1 aromatic carbocycles. The zero-order valence-electron chi connectivity index (χ0n) is 16.3. The van der Waals surface area contributed by atoms with Crippen molar-refractivity contribution in [2.75, 3.05) is 12.9 Å². The van der Waals surface area contributed by atoms with E-state index in [0.717, 1.165) is 40.7 Å². The van der Waals surface area contributed by atoms with Crippen molar-refractivity contribution in [1.82, 2.24) is 25.1 Å². The van der Waals surface area contributed by atoms with Crippen LogP contribution in [0.2, 0.25) is 0 Å². The molecule has 4 rings (SSSR count). The molecule has 1 aliphatic rings. The molecule has 3 aromatic rings. The number of hydrogen-bond acceptors (Lipinski definition) is 6. The first-order valence-electron chi connectivity index (χ1n) is 9.74. The summed E-state index contributed by atoms with van der Waals surface area (Å²) >= 11 is 1.33. The second kappa shape index (κ2) is 8.34. The summed E-state index contributed by atoms with van der Waals surface area (Å²) in [7, 11) is 3.60. The minimum Gasteiger partial charge on any atom is -0.497 e. The number of ether oxygens (including phenoxy) is 1. The minimum atomic E-state index is 0.0439. The lowest BCUT2D eigenvalue weighted by Crippen LogP contribution is -2.35. The van der Waals surface area contributed by atoms with E-state index in [-0.39, 0.29) is 5.91 Å². The van der Waals surface area contributed by atoms with Crippen LogP contribution in [0, 0.1) is 0 Å². The highest BCUT2D eigenvalue weighted by Gasteiger charge is 2.17. The second-order valence-electron chi connectivity index (χ2n) is 7.25. The fraction of sp³-hybridized carbons (Fsp3) is 0.500. The predicted octanol–water partition coefficient (Wildman–Crippen LogP) is 3.46. The number of hydrogen-bond donors (Lipinski definition) is 1. The van der Waals surface area contributed by atoms with Crippen molar-refractivity contribution in [2.45, 2.75) is 49.7 Å².